The highest BCUT2D eigenvalue weighted by atomic mass is 32.2. The van der Waals surface area contributed by atoms with Gasteiger partial charge < -0.3 is 16.2 Å². The molecule has 1 amide bonds. The Balaban J connectivity index is 2.22. The molecular weight excluding hydrogens is 394 g/mol. The van der Waals surface area contributed by atoms with Crippen LogP contribution in [0.2, 0.25) is 0 Å². The van der Waals surface area contributed by atoms with E-state index >= 15 is 0 Å². The van der Waals surface area contributed by atoms with E-state index in [1.165, 1.54) is 0 Å². The molecule has 27 heavy (non-hydrogen) atoms. The van der Waals surface area contributed by atoms with Crippen molar-refractivity contribution in [3.8, 4) is 0 Å². The molecule has 1 aromatic carbocycles. The first-order valence-corrected chi connectivity index (χ1v) is 8.70. The number of aromatic nitrogens is 1. The number of aliphatic hydroxyl groups is 1. The Bertz CT molecular complexity index is 947. The number of amides is 1. The second-order valence-electron chi connectivity index (χ2n) is 5.33. The fourth-order valence-corrected chi connectivity index (χ4v) is 3.18. The molecule has 2 aromatic rings. The molecule has 0 aliphatic rings. The lowest BCUT2D eigenvalue weighted by atomic mass is 10.2. The van der Waals surface area contributed by atoms with Crippen molar-refractivity contribution < 1.29 is 35.9 Å². The van der Waals surface area contributed by atoms with Crippen molar-refractivity contribution in [3.05, 3.63) is 48.0 Å². The third kappa shape index (κ3) is 4.71. The topological polar surface area (TPSA) is 122 Å². The van der Waals surface area contributed by atoms with Crippen LogP contribution in [0.3, 0.4) is 0 Å². The predicted molar refractivity (Wildman–Crippen MR) is 84.9 cm³/mol. The Morgan fingerprint density at radius 1 is 1.22 bits per heavy atom. The molecule has 1 aromatic heterocycles. The van der Waals surface area contributed by atoms with Crippen LogP contribution in [0.1, 0.15) is 10.5 Å². The highest BCUT2D eigenvalue weighted by Crippen LogP contribution is 2.23. The van der Waals surface area contributed by atoms with Crippen LogP contribution in [0.4, 0.5) is 23.2 Å². The number of hydrogen-bond donors (Lipinski definition) is 3. The number of nitrogens with one attached hydrogen (secondary N) is 1. The monoisotopic (exact) mass is 407 g/mol. The summed E-state index contributed by atoms with van der Waals surface area (Å²) in [7, 11) is -4.10. The number of hydrogen-bond acceptors (Lipinski definition) is 6. The Kier molecular flexibility index (Phi) is 5.70. The molecule has 1 heterocycles. The Morgan fingerprint density at radius 3 is 2.33 bits per heavy atom. The van der Waals surface area contributed by atoms with E-state index in [1.807, 2.05) is 0 Å². The van der Waals surface area contributed by atoms with Gasteiger partial charge in [-0.3, -0.25) is 4.79 Å². The number of sulfone groups is 1. The van der Waals surface area contributed by atoms with Crippen LogP contribution in [-0.2, 0) is 9.84 Å². The molecule has 0 bridgehead atoms. The molecule has 2 rings (SSSR count). The van der Waals surface area contributed by atoms with Gasteiger partial charge in [0.05, 0.1) is 22.0 Å². The van der Waals surface area contributed by atoms with Gasteiger partial charge in [-0.05, 0) is 30.3 Å². The lowest BCUT2D eigenvalue weighted by Crippen LogP contribution is -2.41. The lowest BCUT2D eigenvalue weighted by Gasteiger charge is -2.15. The summed E-state index contributed by atoms with van der Waals surface area (Å²) in [6, 6.07) is 4.84. The van der Waals surface area contributed by atoms with Crippen LogP contribution in [-0.4, -0.2) is 43.2 Å². The number of nitrogens with zero attached hydrogens (tertiary/aromatic N) is 1. The van der Waals surface area contributed by atoms with Crippen molar-refractivity contribution in [1.29, 1.82) is 0 Å². The molecular formula is C15H13F4N3O4S. The van der Waals surface area contributed by atoms with Gasteiger partial charge in [-0.15, -0.1) is 0 Å². The Hall–Kier alpha value is -2.73. The summed E-state index contributed by atoms with van der Waals surface area (Å²) in [4.78, 5) is 14.8. The second-order valence-corrected chi connectivity index (χ2v) is 7.28. The maximum absolute atomic E-state index is 12.9. The van der Waals surface area contributed by atoms with Crippen molar-refractivity contribution in [1.82, 2.24) is 10.3 Å². The van der Waals surface area contributed by atoms with Gasteiger partial charge in [0.25, 0.3) is 5.91 Å². The van der Waals surface area contributed by atoms with Gasteiger partial charge in [-0.2, -0.15) is 13.2 Å². The fourth-order valence-electron chi connectivity index (χ4n) is 1.94. The molecule has 0 spiro atoms. The average Bonchev–Trinajstić information content (AvgIpc) is 2.58. The van der Waals surface area contributed by atoms with E-state index in [1.54, 1.807) is 5.32 Å². The molecule has 146 valence electrons. The molecule has 12 heteroatoms. The minimum absolute atomic E-state index is 0.240. The lowest BCUT2D eigenvalue weighted by molar-refractivity contribution is -0.201. The van der Waals surface area contributed by atoms with Gasteiger partial charge in [-0.25, -0.2) is 17.8 Å². The third-order valence-corrected chi connectivity index (χ3v) is 5.11. The fraction of sp³-hybridized carbons (Fsp3) is 0.200. The van der Waals surface area contributed by atoms with Crippen LogP contribution in [0, 0.1) is 5.82 Å². The van der Waals surface area contributed by atoms with Gasteiger partial charge in [0.1, 0.15) is 5.82 Å². The largest absolute Gasteiger partial charge is 0.416 e. The van der Waals surface area contributed by atoms with Crippen LogP contribution in [0.15, 0.2) is 46.3 Å². The SMILES string of the molecule is Nc1cc(S(=O)(=O)c2ccc(F)cc2)cnc1C(=O)NC[C@H](O)C(F)(F)F. The molecule has 0 unspecified atom stereocenters. The summed E-state index contributed by atoms with van der Waals surface area (Å²) in [6.07, 6.45) is -6.90. The zero-order valence-corrected chi connectivity index (χ0v) is 14.2. The van der Waals surface area contributed by atoms with Gasteiger partial charge in [-0.1, -0.05) is 0 Å². The molecule has 0 saturated heterocycles. The maximum atomic E-state index is 12.9. The van der Waals surface area contributed by atoms with Gasteiger partial charge >= 0.3 is 6.18 Å². The number of anilines is 1. The molecule has 1 atom stereocenters. The van der Waals surface area contributed by atoms with Crippen LogP contribution < -0.4 is 11.1 Å². The van der Waals surface area contributed by atoms with E-state index in [9.17, 15) is 30.8 Å². The number of halogens is 4. The molecule has 7 nitrogen and oxygen atoms in total. The molecule has 4 N–H and O–H groups in total. The minimum atomic E-state index is -4.92. The van der Waals surface area contributed by atoms with Crippen molar-refractivity contribution >= 4 is 21.4 Å². The number of carbonyl (C=O) groups is 1. The maximum Gasteiger partial charge on any atom is 0.416 e. The van der Waals surface area contributed by atoms with Crippen molar-refractivity contribution in [2.75, 3.05) is 12.3 Å². The number of pyridine rings is 1. The molecule has 0 aliphatic heterocycles. The first kappa shape index (κ1) is 20.6. The van der Waals surface area contributed by atoms with E-state index in [0.29, 0.717) is 0 Å². The zero-order valence-electron chi connectivity index (χ0n) is 13.4. The molecule has 0 saturated carbocycles. The summed E-state index contributed by atoms with van der Waals surface area (Å²) in [6.45, 7) is -1.13. The normalized spacial score (nSPS) is 13.2. The standard InChI is InChI=1S/C15H13F4N3O4S/c16-8-1-3-9(4-2-8)27(25,26)10-5-11(20)13(21-6-10)14(24)22-7-12(23)15(17,18)19/h1-6,12,23H,7,20H2,(H,22,24)/t12-/m0/s1. The van der Waals surface area contributed by atoms with Gasteiger partial charge in [0, 0.05) is 6.20 Å². The summed E-state index contributed by atoms with van der Waals surface area (Å²) < 4.78 is 74.4. The predicted octanol–water partition coefficient (Wildman–Crippen LogP) is 1.29. The molecule has 0 aliphatic carbocycles. The second kappa shape index (κ2) is 7.48. The zero-order chi connectivity index (χ0) is 20.4. The van der Waals surface area contributed by atoms with Crippen LogP contribution in [0.5, 0.6) is 0 Å². The van der Waals surface area contributed by atoms with Crippen molar-refractivity contribution in [2.24, 2.45) is 0 Å². The van der Waals surface area contributed by atoms with E-state index < -0.39 is 56.7 Å². The first-order chi connectivity index (χ1) is 12.4. The van der Waals surface area contributed by atoms with E-state index in [2.05, 4.69) is 4.98 Å². The summed E-state index contributed by atoms with van der Waals surface area (Å²) in [5.41, 5.74) is 4.66. The molecule has 0 fully saturated rings. The quantitative estimate of drug-likeness (QED) is 0.507. The van der Waals surface area contributed by atoms with Crippen LogP contribution >= 0.6 is 0 Å². The number of alkyl halides is 3. The Morgan fingerprint density at radius 2 is 1.81 bits per heavy atom. The number of aliphatic hydroxyl groups excluding tert-OH is 1. The summed E-state index contributed by atoms with van der Waals surface area (Å²) in [5, 5.41) is 10.6. The van der Waals surface area contributed by atoms with Gasteiger partial charge in [0.15, 0.2) is 11.8 Å². The number of nitrogens with two attached hydrogens (primary N) is 1. The molecule has 0 radical (unpaired) electrons. The highest BCUT2D eigenvalue weighted by Gasteiger charge is 2.38. The average molecular weight is 407 g/mol. The highest BCUT2D eigenvalue weighted by molar-refractivity contribution is 7.91. The third-order valence-electron chi connectivity index (χ3n) is 3.38. The summed E-state index contributed by atoms with van der Waals surface area (Å²) >= 11 is 0. The number of benzene rings is 1. The van der Waals surface area contributed by atoms with Gasteiger partial charge in [0.2, 0.25) is 9.84 Å². The number of nitrogen functional groups attached to an aromatic ring is 1. The smallest absolute Gasteiger partial charge is 0.397 e. The van der Waals surface area contributed by atoms with E-state index in [-0.39, 0.29) is 4.90 Å². The van der Waals surface area contributed by atoms with E-state index in [4.69, 9.17) is 10.8 Å². The number of carbonyl (C=O) groups excluding carboxylic acids is 1. The van der Waals surface area contributed by atoms with Crippen molar-refractivity contribution in [2.45, 2.75) is 22.1 Å². The first-order valence-electron chi connectivity index (χ1n) is 7.22. The summed E-state index contributed by atoms with van der Waals surface area (Å²) in [5.74, 6) is -1.76. The minimum Gasteiger partial charge on any atom is -0.397 e. The number of rotatable bonds is 5. The Labute approximate surface area is 150 Å². The van der Waals surface area contributed by atoms with Crippen molar-refractivity contribution in [3.63, 3.8) is 0 Å². The van der Waals surface area contributed by atoms with E-state index in [0.717, 1.165) is 36.5 Å². The van der Waals surface area contributed by atoms with Crippen LogP contribution in [0.25, 0.3) is 0 Å².